The number of hydrogen-bond donors (Lipinski definition) is 4. The van der Waals surface area contributed by atoms with Crippen molar-refractivity contribution in [2.24, 2.45) is 5.92 Å². The Morgan fingerprint density at radius 2 is 1.45 bits per heavy atom. The second-order valence-corrected chi connectivity index (χ2v) is 15.5. The van der Waals surface area contributed by atoms with Crippen LogP contribution < -0.4 is 10.6 Å². The van der Waals surface area contributed by atoms with E-state index in [1.54, 1.807) is 38.7 Å². The Balaban J connectivity index is 1.06. The SMILES string of the molecule is COC(=O)NC(C(=O)N1CCCC1c1ncc(-c2csc3c(C#Cc4cnc(C5CCCN5C(=O)C(NC(=O)OC)C(C)C)[nH]4)csc23)[nH]1)c1ccccc1. The number of methoxy groups -OCH3 is 2. The number of carbonyl (C=O) groups is 4. The fourth-order valence-corrected chi connectivity index (χ4v) is 9.52. The second-order valence-electron chi connectivity index (χ2n) is 13.8. The molecule has 7 rings (SSSR count). The maximum atomic E-state index is 13.9. The molecule has 2 fully saturated rings. The van der Waals surface area contributed by atoms with Crippen LogP contribution >= 0.6 is 22.7 Å². The van der Waals surface area contributed by atoms with E-state index in [1.165, 1.54) is 14.2 Å². The van der Waals surface area contributed by atoms with Crippen molar-refractivity contribution in [3.05, 3.63) is 82.0 Å². The molecule has 16 heteroatoms. The van der Waals surface area contributed by atoms with Crippen LogP contribution in [0.25, 0.3) is 20.7 Å². The lowest BCUT2D eigenvalue weighted by Gasteiger charge is -2.29. The molecule has 286 valence electrons. The lowest BCUT2D eigenvalue weighted by Crippen LogP contribution is -2.51. The summed E-state index contributed by atoms with van der Waals surface area (Å²) in [6.45, 7) is 4.89. The Labute approximate surface area is 326 Å². The fraction of sp³-hybridized carbons (Fsp3) is 0.385. The number of imidazole rings is 2. The maximum absolute atomic E-state index is 13.9. The molecule has 4 amide bonds. The van der Waals surface area contributed by atoms with Crippen molar-refractivity contribution in [2.45, 2.75) is 63.7 Å². The molecule has 0 spiro atoms. The fourth-order valence-electron chi connectivity index (χ4n) is 7.22. The first-order valence-corrected chi connectivity index (χ1v) is 19.9. The van der Waals surface area contributed by atoms with E-state index in [2.05, 4.69) is 42.8 Å². The molecule has 0 saturated carbocycles. The lowest BCUT2D eigenvalue weighted by atomic mass is 10.0. The van der Waals surface area contributed by atoms with E-state index in [1.807, 2.05) is 55.8 Å². The van der Waals surface area contributed by atoms with E-state index in [0.717, 1.165) is 51.9 Å². The van der Waals surface area contributed by atoms with Gasteiger partial charge in [-0.1, -0.05) is 50.1 Å². The highest BCUT2D eigenvalue weighted by Crippen LogP contribution is 2.41. The largest absolute Gasteiger partial charge is 0.453 e. The van der Waals surface area contributed by atoms with Crippen molar-refractivity contribution in [3.8, 4) is 23.1 Å². The van der Waals surface area contributed by atoms with E-state index in [-0.39, 0.29) is 29.8 Å². The highest BCUT2D eigenvalue weighted by Gasteiger charge is 2.38. The quantitative estimate of drug-likeness (QED) is 0.126. The first kappa shape index (κ1) is 37.6. The number of thiophene rings is 2. The van der Waals surface area contributed by atoms with Gasteiger partial charge in [-0.2, -0.15) is 0 Å². The number of nitrogens with zero attached hydrogens (tertiary/aromatic N) is 4. The van der Waals surface area contributed by atoms with Crippen LogP contribution in [0.3, 0.4) is 0 Å². The zero-order valence-corrected chi connectivity index (χ0v) is 32.5. The van der Waals surface area contributed by atoms with Gasteiger partial charge in [0.25, 0.3) is 5.91 Å². The minimum atomic E-state index is -0.889. The number of hydrogen-bond acceptors (Lipinski definition) is 10. The molecule has 2 aliphatic rings. The molecular formula is C39H42N8O6S2. The molecule has 5 aromatic rings. The van der Waals surface area contributed by atoms with Gasteiger partial charge < -0.3 is 39.9 Å². The van der Waals surface area contributed by atoms with Gasteiger partial charge in [0, 0.05) is 29.4 Å². The van der Waals surface area contributed by atoms with Gasteiger partial charge in [-0.15, -0.1) is 22.7 Å². The zero-order valence-electron chi connectivity index (χ0n) is 30.9. The lowest BCUT2D eigenvalue weighted by molar-refractivity contribution is -0.135. The van der Waals surface area contributed by atoms with Crippen LogP contribution in [0.4, 0.5) is 9.59 Å². The van der Waals surface area contributed by atoms with Crippen LogP contribution in [0.5, 0.6) is 0 Å². The summed E-state index contributed by atoms with van der Waals surface area (Å²) in [5.41, 5.74) is 4.08. The Morgan fingerprint density at radius 3 is 2.15 bits per heavy atom. The molecule has 4 N–H and O–H groups in total. The van der Waals surface area contributed by atoms with Crippen molar-refractivity contribution in [2.75, 3.05) is 27.3 Å². The van der Waals surface area contributed by atoms with Gasteiger partial charge in [-0.3, -0.25) is 9.59 Å². The van der Waals surface area contributed by atoms with E-state index in [9.17, 15) is 19.2 Å². The number of alkyl carbamates (subject to hydrolysis) is 2. The molecule has 1 aromatic carbocycles. The molecule has 0 radical (unpaired) electrons. The molecule has 14 nitrogen and oxygen atoms in total. The number of benzene rings is 1. The third-order valence-electron chi connectivity index (χ3n) is 10.0. The summed E-state index contributed by atoms with van der Waals surface area (Å²) in [5.74, 6) is 7.38. The molecule has 4 unspecified atom stereocenters. The molecule has 2 aliphatic heterocycles. The summed E-state index contributed by atoms with van der Waals surface area (Å²) in [5, 5.41) is 9.52. The number of carbonyl (C=O) groups excluding carboxylic acids is 4. The van der Waals surface area contributed by atoms with E-state index in [4.69, 9.17) is 14.5 Å². The van der Waals surface area contributed by atoms with Gasteiger partial charge in [0.05, 0.1) is 59.4 Å². The van der Waals surface area contributed by atoms with Crippen LogP contribution in [0.2, 0.25) is 0 Å². The smallest absolute Gasteiger partial charge is 0.407 e. The van der Waals surface area contributed by atoms with Gasteiger partial charge in [-0.25, -0.2) is 19.6 Å². The molecule has 55 heavy (non-hydrogen) atoms. The second kappa shape index (κ2) is 16.4. The van der Waals surface area contributed by atoms with Crippen molar-refractivity contribution < 1.29 is 28.7 Å². The number of aromatic amines is 2. The Morgan fingerprint density at radius 1 is 0.818 bits per heavy atom. The third kappa shape index (κ3) is 7.80. The summed E-state index contributed by atoms with van der Waals surface area (Å²) in [7, 11) is 2.56. The van der Waals surface area contributed by atoms with E-state index < -0.39 is 24.3 Å². The summed E-state index contributed by atoms with van der Waals surface area (Å²) in [6, 6.07) is 7.04. The van der Waals surface area contributed by atoms with Gasteiger partial charge in [0.1, 0.15) is 29.4 Å². The predicted octanol–water partition coefficient (Wildman–Crippen LogP) is 6.28. The topological polar surface area (TPSA) is 175 Å². The van der Waals surface area contributed by atoms with Crippen LogP contribution in [0, 0.1) is 17.8 Å². The molecule has 0 aliphatic carbocycles. The van der Waals surface area contributed by atoms with E-state index >= 15 is 0 Å². The number of rotatable bonds is 9. The van der Waals surface area contributed by atoms with Crippen LogP contribution in [0.1, 0.15) is 86.1 Å². The number of fused-ring (bicyclic) bond motifs is 1. The van der Waals surface area contributed by atoms with Crippen LogP contribution in [0.15, 0.2) is 53.5 Å². The minimum absolute atomic E-state index is 0.119. The van der Waals surface area contributed by atoms with Gasteiger partial charge in [0.2, 0.25) is 5.91 Å². The number of ether oxygens (including phenoxy) is 2. The summed E-state index contributed by atoms with van der Waals surface area (Å²) in [6.07, 6.45) is 5.32. The highest BCUT2D eigenvalue weighted by molar-refractivity contribution is 7.27. The van der Waals surface area contributed by atoms with E-state index in [0.29, 0.717) is 36.0 Å². The first-order valence-electron chi connectivity index (χ1n) is 18.1. The first-order chi connectivity index (χ1) is 26.7. The number of likely N-dealkylation sites (tertiary alicyclic amines) is 2. The van der Waals surface area contributed by atoms with Crippen LogP contribution in [-0.2, 0) is 19.1 Å². The Bertz CT molecular complexity index is 2250. The number of H-pyrrole nitrogens is 2. The molecule has 6 heterocycles. The number of aromatic nitrogens is 4. The summed E-state index contributed by atoms with van der Waals surface area (Å²) < 4.78 is 11.7. The molecular weight excluding hydrogens is 741 g/mol. The average molecular weight is 783 g/mol. The molecule has 4 atom stereocenters. The standard InChI is InChI=1S/C39H42N8O6S2/c1-22(2)30(44-38(50)52-3)36(48)46-16-8-12-28(46)34-40-18-25(42-34)15-14-24-20-54-33-26(21-55-32(24)33)27-19-41-35(43-27)29-13-9-17-47(29)37(49)31(45-39(51)53-4)23-10-6-5-7-11-23/h5-7,10-11,18-22,28-31H,8-9,12-13,16-17H2,1-4H3,(H,40,42)(H,41,43)(H,44,50)(H,45,51). The normalized spacial score (nSPS) is 17.8. The molecule has 0 bridgehead atoms. The van der Waals surface area contributed by atoms with Crippen LogP contribution in [-0.4, -0.2) is 87.1 Å². The highest BCUT2D eigenvalue weighted by atomic mass is 32.1. The predicted molar refractivity (Wildman–Crippen MR) is 208 cm³/mol. The van der Waals surface area contributed by atoms with Crippen molar-refractivity contribution in [3.63, 3.8) is 0 Å². The summed E-state index contributed by atoms with van der Waals surface area (Å²) >= 11 is 3.22. The van der Waals surface area contributed by atoms with Gasteiger partial charge >= 0.3 is 12.2 Å². The van der Waals surface area contributed by atoms with Gasteiger partial charge in [-0.05, 0) is 43.1 Å². The van der Waals surface area contributed by atoms with Crippen molar-refractivity contribution in [1.29, 1.82) is 0 Å². The summed E-state index contributed by atoms with van der Waals surface area (Å²) in [4.78, 5) is 71.3. The third-order valence-corrected chi connectivity index (χ3v) is 12.2. The molecule has 2 saturated heterocycles. The Kier molecular flexibility index (Phi) is 11.2. The monoisotopic (exact) mass is 782 g/mol. The Hall–Kier alpha value is -5.66. The zero-order chi connectivity index (χ0) is 38.6. The van der Waals surface area contributed by atoms with Gasteiger partial charge in [0.15, 0.2) is 0 Å². The number of nitrogens with one attached hydrogen (secondary N) is 4. The average Bonchev–Trinajstić information content (AvgIpc) is 4.05. The van der Waals surface area contributed by atoms with Crippen molar-refractivity contribution >= 4 is 56.1 Å². The maximum Gasteiger partial charge on any atom is 0.407 e. The minimum Gasteiger partial charge on any atom is -0.453 e. The van der Waals surface area contributed by atoms with Crippen molar-refractivity contribution in [1.82, 2.24) is 40.4 Å². The number of amides is 4. The molecule has 4 aromatic heterocycles.